The molecule has 1 unspecified atom stereocenters. The van der Waals surface area contributed by atoms with Crippen molar-refractivity contribution in [3.63, 3.8) is 0 Å². The smallest absolute Gasteiger partial charge is 0.254 e. The molecule has 0 aromatic carbocycles. The number of rotatable bonds is 4. The number of hydrogen-bond acceptors (Lipinski definition) is 4. The topological polar surface area (TPSA) is 80.9 Å². The molecule has 0 fully saturated rings. The number of nitrogens with zero attached hydrogens (tertiary/aromatic N) is 2. The molecule has 0 aliphatic heterocycles. The van der Waals surface area contributed by atoms with Crippen molar-refractivity contribution < 1.29 is 4.79 Å². The highest BCUT2D eigenvalue weighted by molar-refractivity contribution is 5.94. The van der Waals surface area contributed by atoms with Crippen molar-refractivity contribution in [1.29, 1.82) is 0 Å². The number of nitrogens with one attached hydrogen (secondary N) is 1. The van der Waals surface area contributed by atoms with Gasteiger partial charge in [0.05, 0.1) is 5.56 Å². The minimum atomic E-state index is -0.368. The van der Waals surface area contributed by atoms with E-state index in [9.17, 15) is 4.79 Å². The number of nitrogens with two attached hydrogens (primary N) is 1. The maximum Gasteiger partial charge on any atom is 0.254 e. The standard InChI is InChI=1S/C10H16N4O/c1-3-10(2,6-11)14-9(15)8-4-12-7-13-5-8/h4-5,7H,3,6,11H2,1-2H3,(H,14,15). The second-order valence-electron chi connectivity index (χ2n) is 3.70. The first-order valence-corrected chi connectivity index (χ1v) is 4.89. The van der Waals surface area contributed by atoms with Crippen molar-refractivity contribution in [3.8, 4) is 0 Å². The molecule has 82 valence electrons. The van der Waals surface area contributed by atoms with E-state index in [0.717, 1.165) is 6.42 Å². The maximum absolute atomic E-state index is 11.7. The van der Waals surface area contributed by atoms with Crippen molar-refractivity contribution >= 4 is 5.91 Å². The Bertz CT molecular complexity index is 321. The first kappa shape index (κ1) is 11.6. The van der Waals surface area contributed by atoms with Crippen molar-refractivity contribution in [2.24, 2.45) is 5.73 Å². The third-order valence-electron chi connectivity index (χ3n) is 2.47. The Hall–Kier alpha value is -1.49. The molecule has 1 aromatic heterocycles. The second kappa shape index (κ2) is 4.84. The van der Waals surface area contributed by atoms with E-state index in [0.29, 0.717) is 12.1 Å². The number of hydrogen-bond donors (Lipinski definition) is 2. The third-order valence-corrected chi connectivity index (χ3v) is 2.47. The van der Waals surface area contributed by atoms with E-state index >= 15 is 0 Å². The van der Waals surface area contributed by atoms with Crippen molar-refractivity contribution in [2.75, 3.05) is 6.54 Å². The molecular formula is C10H16N4O. The van der Waals surface area contributed by atoms with Crippen LogP contribution < -0.4 is 11.1 Å². The zero-order valence-electron chi connectivity index (χ0n) is 9.03. The summed E-state index contributed by atoms with van der Waals surface area (Å²) in [5, 5.41) is 2.87. The molecule has 1 aromatic rings. The summed E-state index contributed by atoms with van der Waals surface area (Å²) in [7, 11) is 0. The Morgan fingerprint density at radius 1 is 1.53 bits per heavy atom. The summed E-state index contributed by atoms with van der Waals surface area (Å²) < 4.78 is 0. The molecule has 0 aliphatic carbocycles. The average Bonchev–Trinajstić information content (AvgIpc) is 2.30. The normalized spacial score (nSPS) is 14.3. The summed E-state index contributed by atoms with van der Waals surface area (Å²) in [4.78, 5) is 19.3. The third kappa shape index (κ3) is 2.99. The number of aromatic nitrogens is 2. The van der Waals surface area contributed by atoms with Gasteiger partial charge in [0.2, 0.25) is 0 Å². The molecule has 0 radical (unpaired) electrons. The number of carbonyl (C=O) groups excluding carboxylic acids is 1. The molecule has 5 heteroatoms. The van der Waals surface area contributed by atoms with E-state index in [1.165, 1.54) is 18.7 Å². The summed E-state index contributed by atoms with van der Waals surface area (Å²) in [5.74, 6) is -0.189. The lowest BCUT2D eigenvalue weighted by molar-refractivity contribution is 0.0906. The zero-order valence-corrected chi connectivity index (χ0v) is 9.03. The highest BCUT2D eigenvalue weighted by Gasteiger charge is 2.22. The number of amides is 1. The van der Waals surface area contributed by atoms with Gasteiger partial charge >= 0.3 is 0 Å². The Morgan fingerprint density at radius 3 is 2.60 bits per heavy atom. The largest absolute Gasteiger partial charge is 0.346 e. The Labute approximate surface area is 89.1 Å². The molecule has 1 amide bonds. The predicted octanol–water partition coefficient (Wildman–Crippen LogP) is 0.334. The monoisotopic (exact) mass is 208 g/mol. The van der Waals surface area contributed by atoms with E-state index < -0.39 is 0 Å². The van der Waals surface area contributed by atoms with Gasteiger partial charge in [0.25, 0.3) is 5.91 Å². The molecule has 0 saturated carbocycles. The summed E-state index contributed by atoms with van der Waals surface area (Å²) in [6.45, 7) is 4.30. The van der Waals surface area contributed by atoms with E-state index in [1.54, 1.807) is 0 Å². The van der Waals surface area contributed by atoms with Crippen LogP contribution in [-0.4, -0.2) is 28.0 Å². The van der Waals surface area contributed by atoms with Crippen LogP contribution in [-0.2, 0) is 0 Å². The lowest BCUT2D eigenvalue weighted by Crippen LogP contribution is -2.50. The molecule has 0 spiro atoms. The first-order valence-electron chi connectivity index (χ1n) is 4.89. The van der Waals surface area contributed by atoms with Crippen molar-refractivity contribution in [1.82, 2.24) is 15.3 Å². The van der Waals surface area contributed by atoms with Gasteiger partial charge in [-0.15, -0.1) is 0 Å². The van der Waals surface area contributed by atoms with Gasteiger partial charge in [0.1, 0.15) is 6.33 Å². The summed E-state index contributed by atoms with van der Waals surface area (Å²) >= 11 is 0. The van der Waals surface area contributed by atoms with Crippen LogP contribution >= 0.6 is 0 Å². The molecular weight excluding hydrogens is 192 g/mol. The van der Waals surface area contributed by atoms with Crippen LogP contribution in [0.15, 0.2) is 18.7 Å². The molecule has 0 saturated heterocycles. The minimum Gasteiger partial charge on any atom is -0.346 e. The fourth-order valence-corrected chi connectivity index (χ4v) is 1.05. The molecule has 1 rings (SSSR count). The van der Waals surface area contributed by atoms with Gasteiger partial charge in [-0.2, -0.15) is 0 Å². The van der Waals surface area contributed by atoms with Crippen LogP contribution in [0.5, 0.6) is 0 Å². The fourth-order valence-electron chi connectivity index (χ4n) is 1.05. The Morgan fingerprint density at radius 2 is 2.13 bits per heavy atom. The molecule has 15 heavy (non-hydrogen) atoms. The molecule has 5 nitrogen and oxygen atoms in total. The lowest BCUT2D eigenvalue weighted by atomic mass is 9.99. The van der Waals surface area contributed by atoms with Gasteiger partial charge < -0.3 is 11.1 Å². The lowest BCUT2D eigenvalue weighted by Gasteiger charge is -2.27. The maximum atomic E-state index is 11.7. The van der Waals surface area contributed by atoms with Crippen LogP contribution in [0.2, 0.25) is 0 Å². The molecule has 1 heterocycles. The van der Waals surface area contributed by atoms with Crippen molar-refractivity contribution in [2.45, 2.75) is 25.8 Å². The predicted molar refractivity (Wildman–Crippen MR) is 57.2 cm³/mol. The average molecular weight is 208 g/mol. The Kier molecular flexibility index (Phi) is 3.74. The summed E-state index contributed by atoms with van der Waals surface area (Å²) in [5.41, 5.74) is 5.68. The number of carbonyl (C=O) groups is 1. The first-order chi connectivity index (χ1) is 7.11. The van der Waals surface area contributed by atoms with E-state index in [2.05, 4.69) is 15.3 Å². The minimum absolute atomic E-state index is 0.189. The van der Waals surface area contributed by atoms with Crippen LogP contribution in [0.1, 0.15) is 30.6 Å². The van der Waals surface area contributed by atoms with Crippen LogP contribution in [0, 0.1) is 0 Å². The van der Waals surface area contributed by atoms with E-state index in [-0.39, 0.29) is 11.4 Å². The molecule has 1 atom stereocenters. The van der Waals surface area contributed by atoms with E-state index in [1.807, 2.05) is 13.8 Å². The molecule has 0 aliphatic rings. The highest BCUT2D eigenvalue weighted by Crippen LogP contribution is 2.07. The molecule has 3 N–H and O–H groups in total. The van der Waals surface area contributed by atoms with Gasteiger partial charge in [-0.05, 0) is 13.3 Å². The fraction of sp³-hybridized carbons (Fsp3) is 0.500. The van der Waals surface area contributed by atoms with E-state index in [4.69, 9.17) is 5.73 Å². The quantitative estimate of drug-likeness (QED) is 0.747. The van der Waals surface area contributed by atoms with Crippen molar-refractivity contribution in [3.05, 3.63) is 24.3 Å². The summed E-state index contributed by atoms with van der Waals surface area (Å²) in [6.07, 6.45) is 5.13. The van der Waals surface area contributed by atoms with Crippen LogP contribution in [0.3, 0.4) is 0 Å². The highest BCUT2D eigenvalue weighted by atomic mass is 16.1. The molecule has 0 bridgehead atoms. The van der Waals surface area contributed by atoms with Gasteiger partial charge in [-0.25, -0.2) is 9.97 Å². The van der Waals surface area contributed by atoms with Crippen LogP contribution in [0.4, 0.5) is 0 Å². The second-order valence-corrected chi connectivity index (χ2v) is 3.70. The Balaban J connectivity index is 2.72. The SMILES string of the molecule is CCC(C)(CN)NC(=O)c1cncnc1. The zero-order chi connectivity index (χ0) is 11.3. The summed E-state index contributed by atoms with van der Waals surface area (Å²) in [6, 6.07) is 0. The van der Waals surface area contributed by atoms with Crippen LogP contribution in [0.25, 0.3) is 0 Å². The van der Waals surface area contributed by atoms with Gasteiger partial charge in [-0.3, -0.25) is 4.79 Å². The van der Waals surface area contributed by atoms with Gasteiger partial charge in [-0.1, -0.05) is 6.92 Å². The van der Waals surface area contributed by atoms with Gasteiger partial charge in [0, 0.05) is 24.5 Å². The van der Waals surface area contributed by atoms with Gasteiger partial charge in [0.15, 0.2) is 0 Å².